The molecule has 2 aliphatic heterocycles. The van der Waals surface area contributed by atoms with Crippen molar-refractivity contribution in [2.24, 2.45) is 17.8 Å². The predicted molar refractivity (Wildman–Crippen MR) is 146 cm³/mol. The molecular weight excluding hydrogens is 463 g/mol. The number of halogens is 1. The molecule has 3 aliphatic rings. The lowest BCUT2D eigenvalue weighted by Gasteiger charge is -2.35. The second kappa shape index (κ2) is 12.5. The molecule has 0 amide bonds. The van der Waals surface area contributed by atoms with Gasteiger partial charge in [0.05, 0.1) is 0 Å². The first kappa shape index (κ1) is 26.4. The number of carbonyl (C=O) groups is 1. The molecule has 2 unspecified atom stereocenters. The van der Waals surface area contributed by atoms with Crippen LogP contribution in [0.25, 0.3) is 0 Å². The van der Waals surface area contributed by atoms with E-state index in [1.54, 1.807) is 12.1 Å². The normalized spacial score (nSPS) is 24.7. The number of rotatable bonds is 11. The lowest BCUT2D eigenvalue weighted by molar-refractivity contribution is -0.144. The van der Waals surface area contributed by atoms with Gasteiger partial charge in [0.1, 0.15) is 11.9 Å². The van der Waals surface area contributed by atoms with Gasteiger partial charge >= 0.3 is 5.97 Å². The molecule has 0 bridgehead atoms. The van der Waals surface area contributed by atoms with Crippen LogP contribution in [0.5, 0.6) is 0 Å². The molecule has 0 spiro atoms. The average Bonchev–Trinajstić information content (AvgIpc) is 3.29. The third-order valence-electron chi connectivity index (χ3n) is 9.40. The molecule has 1 aliphatic carbocycles. The van der Waals surface area contributed by atoms with Gasteiger partial charge in [0.15, 0.2) is 0 Å². The Hall–Kier alpha value is -2.24. The minimum absolute atomic E-state index is 0.159. The zero-order valence-electron chi connectivity index (χ0n) is 22.1. The second-order valence-corrected chi connectivity index (χ2v) is 11.9. The number of benzene rings is 2. The van der Waals surface area contributed by atoms with E-state index in [4.69, 9.17) is 0 Å². The molecule has 2 heterocycles. The van der Waals surface area contributed by atoms with Crippen molar-refractivity contribution in [2.75, 3.05) is 32.7 Å². The minimum atomic E-state index is -0.638. The van der Waals surface area contributed by atoms with E-state index in [0.717, 1.165) is 51.5 Å². The lowest BCUT2D eigenvalue weighted by Crippen LogP contribution is -2.43. The van der Waals surface area contributed by atoms with Crippen LogP contribution in [0.15, 0.2) is 54.6 Å². The number of piperidine rings is 1. The third-order valence-corrected chi connectivity index (χ3v) is 9.40. The molecule has 2 saturated heterocycles. The highest BCUT2D eigenvalue weighted by atomic mass is 19.1. The maximum absolute atomic E-state index is 13.1. The third kappa shape index (κ3) is 7.00. The van der Waals surface area contributed by atoms with E-state index >= 15 is 0 Å². The van der Waals surface area contributed by atoms with E-state index in [9.17, 15) is 14.3 Å². The number of likely N-dealkylation sites (tertiary alicyclic amines) is 2. The van der Waals surface area contributed by atoms with Crippen molar-refractivity contribution in [1.29, 1.82) is 0 Å². The molecule has 1 N–H and O–H groups in total. The molecule has 4 nitrogen and oxygen atoms in total. The van der Waals surface area contributed by atoms with Crippen molar-refractivity contribution < 1.29 is 14.3 Å². The summed E-state index contributed by atoms with van der Waals surface area (Å²) < 4.78 is 13.1. The fraction of sp³-hybridized carbons (Fsp3) is 0.594. The summed E-state index contributed by atoms with van der Waals surface area (Å²) in [4.78, 5) is 17.2. The molecule has 3 atom stereocenters. The van der Waals surface area contributed by atoms with Crippen molar-refractivity contribution in [2.45, 2.75) is 69.7 Å². The molecule has 1 saturated carbocycles. The van der Waals surface area contributed by atoms with Crippen LogP contribution in [0.3, 0.4) is 0 Å². The summed E-state index contributed by atoms with van der Waals surface area (Å²) in [5, 5.41) is 10.1. The Balaban J connectivity index is 1.14. The smallest absolute Gasteiger partial charge is 0.320 e. The van der Waals surface area contributed by atoms with Crippen molar-refractivity contribution in [3.8, 4) is 0 Å². The largest absolute Gasteiger partial charge is 0.480 e. The molecule has 5 heteroatoms. The summed E-state index contributed by atoms with van der Waals surface area (Å²) >= 11 is 0. The van der Waals surface area contributed by atoms with E-state index in [-0.39, 0.29) is 11.9 Å². The highest BCUT2D eigenvalue weighted by Gasteiger charge is 2.41. The first-order valence-electron chi connectivity index (χ1n) is 14.5. The van der Waals surface area contributed by atoms with Gasteiger partial charge in [-0.25, -0.2) is 4.39 Å². The van der Waals surface area contributed by atoms with Gasteiger partial charge in [-0.1, -0.05) is 68.1 Å². The van der Waals surface area contributed by atoms with Gasteiger partial charge in [-0.05, 0) is 86.2 Å². The quantitative estimate of drug-likeness (QED) is 0.393. The Labute approximate surface area is 221 Å². The van der Waals surface area contributed by atoms with Crippen LogP contribution in [0.1, 0.15) is 68.4 Å². The Bertz CT molecular complexity index is 986. The van der Waals surface area contributed by atoms with Gasteiger partial charge in [0, 0.05) is 25.6 Å². The molecule has 0 aromatic heterocycles. The van der Waals surface area contributed by atoms with Crippen LogP contribution in [0, 0.1) is 23.6 Å². The number of carboxylic acids is 1. The maximum Gasteiger partial charge on any atom is 0.320 e. The van der Waals surface area contributed by atoms with Gasteiger partial charge in [-0.2, -0.15) is 0 Å². The molecule has 2 aromatic carbocycles. The zero-order valence-corrected chi connectivity index (χ0v) is 22.1. The van der Waals surface area contributed by atoms with Gasteiger partial charge in [0.25, 0.3) is 0 Å². The summed E-state index contributed by atoms with van der Waals surface area (Å²) in [5.74, 6) is 1.45. The number of aryl methyl sites for hydroxylation is 1. The minimum Gasteiger partial charge on any atom is -0.480 e. The first-order chi connectivity index (χ1) is 18.0. The molecule has 200 valence electrons. The molecular formula is C32H43FN2O2. The molecule has 3 fully saturated rings. The number of hydrogen-bond donors (Lipinski definition) is 1. The monoisotopic (exact) mass is 506 g/mol. The topological polar surface area (TPSA) is 43.8 Å². The van der Waals surface area contributed by atoms with Crippen LogP contribution in [-0.2, 0) is 11.2 Å². The summed E-state index contributed by atoms with van der Waals surface area (Å²) in [5.41, 5.74) is 2.59. The molecule has 5 rings (SSSR count). The Morgan fingerprint density at radius 3 is 2.32 bits per heavy atom. The molecule has 37 heavy (non-hydrogen) atoms. The van der Waals surface area contributed by atoms with Crippen molar-refractivity contribution in [1.82, 2.24) is 9.80 Å². The van der Waals surface area contributed by atoms with Gasteiger partial charge in [0.2, 0.25) is 0 Å². The molecule has 2 aromatic rings. The number of nitrogens with zero attached hydrogens (tertiary/aromatic N) is 2. The van der Waals surface area contributed by atoms with E-state index in [1.165, 1.54) is 56.1 Å². The van der Waals surface area contributed by atoms with E-state index in [1.807, 2.05) is 12.1 Å². The number of aliphatic carboxylic acids is 1. The van der Waals surface area contributed by atoms with Crippen molar-refractivity contribution in [3.63, 3.8) is 0 Å². The standard InChI is InChI=1S/C32H43FN2O2/c33-29-14-12-24(13-15-29)6-4-7-25-16-18-34(19-17-25)21-28-22-35(23-30(28)27-10-2-1-3-11-27)31(32(36)37)20-26-8-5-9-26/h1-3,10-15,25-26,28,30-31H,4-9,16-23H2,(H,36,37)/t28?,30?,31-/m1/s1. The zero-order chi connectivity index (χ0) is 25.6. The Kier molecular flexibility index (Phi) is 8.93. The highest BCUT2D eigenvalue weighted by Crippen LogP contribution is 2.38. The fourth-order valence-corrected chi connectivity index (χ4v) is 6.91. The SMILES string of the molecule is O=C(O)[C@@H](CC1CCC1)N1CC(CN2CCC(CCCc3ccc(F)cc3)CC2)C(c2ccccc2)C1. The fourth-order valence-electron chi connectivity index (χ4n) is 6.91. The highest BCUT2D eigenvalue weighted by molar-refractivity contribution is 5.73. The van der Waals surface area contributed by atoms with Gasteiger partial charge in [-0.3, -0.25) is 9.69 Å². The Morgan fingerprint density at radius 1 is 0.946 bits per heavy atom. The van der Waals surface area contributed by atoms with Crippen LogP contribution in [0.4, 0.5) is 4.39 Å². The van der Waals surface area contributed by atoms with E-state index in [2.05, 4.69) is 40.1 Å². The Morgan fingerprint density at radius 2 is 1.68 bits per heavy atom. The van der Waals surface area contributed by atoms with Crippen LogP contribution in [-0.4, -0.2) is 59.6 Å². The van der Waals surface area contributed by atoms with E-state index < -0.39 is 5.97 Å². The summed E-state index contributed by atoms with van der Waals surface area (Å²) in [7, 11) is 0. The van der Waals surface area contributed by atoms with Crippen molar-refractivity contribution in [3.05, 3.63) is 71.5 Å². The number of hydrogen-bond acceptors (Lipinski definition) is 3. The van der Waals surface area contributed by atoms with Gasteiger partial charge in [-0.15, -0.1) is 0 Å². The van der Waals surface area contributed by atoms with Crippen LogP contribution < -0.4 is 0 Å². The van der Waals surface area contributed by atoms with Crippen molar-refractivity contribution >= 4 is 5.97 Å². The summed E-state index contributed by atoms with van der Waals surface area (Å²) in [6.45, 7) is 5.10. The van der Waals surface area contributed by atoms with Crippen LogP contribution in [0.2, 0.25) is 0 Å². The van der Waals surface area contributed by atoms with E-state index in [0.29, 0.717) is 17.8 Å². The number of carboxylic acid groups (broad SMARTS) is 1. The average molecular weight is 507 g/mol. The predicted octanol–water partition coefficient (Wildman–Crippen LogP) is 6.22. The summed E-state index contributed by atoms with van der Waals surface area (Å²) in [6, 6.07) is 17.4. The molecule has 0 radical (unpaired) electrons. The summed E-state index contributed by atoms with van der Waals surface area (Å²) in [6.07, 6.45) is 10.4. The van der Waals surface area contributed by atoms with Gasteiger partial charge < -0.3 is 10.0 Å². The lowest BCUT2D eigenvalue weighted by atomic mass is 9.80. The first-order valence-corrected chi connectivity index (χ1v) is 14.5. The maximum atomic E-state index is 13.1. The second-order valence-electron chi connectivity index (χ2n) is 11.9. The van der Waals surface area contributed by atoms with Crippen LogP contribution >= 0.6 is 0 Å².